The molecule has 4 aliphatic rings. The maximum Gasteiger partial charge on any atom is 0.294 e. The zero-order valence-corrected chi connectivity index (χ0v) is 36.6. The highest BCUT2D eigenvalue weighted by molar-refractivity contribution is 7.86. The van der Waals surface area contributed by atoms with E-state index in [-0.39, 0.29) is 17.2 Å². The second-order valence-electron chi connectivity index (χ2n) is 14.8. The van der Waals surface area contributed by atoms with Crippen molar-refractivity contribution in [2.75, 3.05) is 26.3 Å². The van der Waals surface area contributed by atoms with E-state index in [1.165, 1.54) is 110 Å². The number of rotatable bonds is 8. The lowest BCUT2D eigenvalue weighted by Crippen LogP contribution is -2.22. The van der Waals surface area contributed by atoms with Crippen LogP contribution in [0.2, 0.25) is 0 Å². The van der Waals surface area contributed by atoms with Crippen LogP contribution in [0.4, 0.5) is 0 Å². The first-order valence-electron chi connectivity index (χ1n) is 20.9. The summed E-state index contributed by atoms with van der Waals surface area (Å²) in [5, 5.41) is 9.76. The molecule has 14 nitrogen and oxygen atoms in total. The molecule has 2 saturated carbocycles. The summed E-state index contributed by atoms with van der Waals surface area (Å²) in [5.74, 6) is 1.64. The van der Waals surface area contributed by atoms with Crippen LogP contribution in [0.1, 0.15) is 138 Å². The Morgan fingerprint density at radius 3 is 1.33 bits per heavy atom. The van der Waals surface area contributed by atoms with Crippen molar-refractivity contribution in [1.29, 1.82) is 0 Å². The summed E-state index contributed by atoms with van der Waals surface area (Å²) < 4.78 is 74.8. The summed E-state index contributed by atoms with van der Waals surface area (Å²) >= 11 is 0. The minimum absolute atomic E-state index is 0. The summed E-state index contributed by atoms with van der Waals surface area (Å²) in [5.41, 5.74) is 8.56. The third-order valence-corrected chi connectivity index (χ3v) is 12.5. The smallest absolute Gasteiger partial charge is 0.294 e. The summed E-state index contributed by atoms with van der Waals surface area (Å²) in [6.45, 7) is 13.3. The van der Waals surface area contributed by atoms with Gasteiger partial charge in [0.1, 0.15) is 11.4 Å². The van der Waals surface area contributed by atoms with E-state index in [2.05, 4.69) is 33.2 Å². The van der Waals surface area contributed by atoms with Crippen molar-refractivity contribution in [1.82, 2.24) is 19.6 Å². The first-order chi connectivity index (χ1) is 28.3. The van der Waals surface area contributed by atoms with E-state index in [0.29, 0.717) is 25.3 Å². The fourth-order valence-electron chi connectivity index (χ4n) is 7.90. The van der Waals surface area contributed by atoms with Crippen molar-refractivity contribution in [2.45, 2.75) is 141 Å². The van der Waals surface area contributed by atoms with Crippen molar-refractivity contribution < 1.29 is 35.4 Å². The average Bonchev–Trinajstić information content (AvgIpc) is 4.06. The van der Waals surface area contributed by atoms with Crippen LogP contribution in [-0.4, -0.2) is 83.6 Å². The van der Waals surface area contributed by atoms with Crippen molar-refractivity contribution in [3.05, 3.63) is 94.1 Å². The molecule has 2 aromatic carbocycles. The zero-order chi connectivity index (χ0) is 42.6. The highest BCUT2D eigenvalue weighted by atomic mass is 32.2. The van der Waals surface area contributed by atoms with Crippen molar-refractivity contribution in [3.8, 4) is 0 Å². The molecule has 2 aliphatic carbocycles. The molecule has 4 heterocycles. The molecule has 0 saturated heterocycles. The monoisotopic (exact) mass is 868 g/mol. The maximum atomic E-state index is 10.5. The largest absolute Gasteiger partial charge is 0.477 e. The van der Waals surface area contributed by atoms with Crippen LogP contribution >= 0.6 is 0 Å². The van der Waals surface area contributed by atoms with Gasteiger partial charge < -0.3 is 9.47 Å². The molecule has 8 rings (SSSR count). The minimum Gasteiger partial charge on any atom is -0.477 e. The van der Waals surface area contributed by atoms with E-state index in [9.17, 15) is 16.8 Å². The number of aromatic nitrogens is 4. The van der Waals surface area contributed by atoms with Gasteiger partial charge in [0.25, 0.3) is 20.2 Å². The molecule has 2 aliphatic heterocycles. The molecule has 2 aromatic heterocycles. The second-order valence-corrected chi connectivity index (χ2v) is 17.7. The molecule has 0 radical (unpaired) electrons. The fourth-order valence-corrected chi connectivity index (χ4v) is 8.88. The Kier molecular flexibility index (Phi) is 18.1. The van der Waals surface area contributed by atoms with E-state index in [4.69, 9.17) is 28.8 Å². The number of nitrogens with zero attached hydrogens (tertiary/aromatic N) is 6. The molecule has 2 N–H and O–H groups in total. The molecular formula is C44H64N6O8S2. The van der Waals surface area contributed by atoms with Gasteiger partial charge >= 0.3 is 0 Å². The van der Waals surface area contributed by atoms with Crippen molar-refractivity contribution >= 4 is 32.0 Å². The van der Waals surface area contributed by atoms with Crippen molar-refractivity contribution in [3.63, 3.8) is 0 Å². The lowest BCUT2D eigenvalue weighted by molar-refractivity contribution is 0.319. The van der Waals surface area contributed by atoms with Gasteiger partial charge in [-0.3, -0.25) is 18.5 Å². The predicted molar refractivity (Wildman–Crippen MR) is 236 cm³/mol. The highest BCUT2D eigenvalue weighted by Gasteiger charge is 2.31. The Morgan fingerprint density at radius 2 is 1.00 bits per heavy atom. The van der Waals surface area contributed by atoms with E-state index in [1.54, 1.807) is 30.3 Å². The van der Waals surface area contributed by atoms with Crippen LogP contribution in [-0.2, 0) is 55.4 Å². The molecule has 2 fully saturated rings. The number of hydrogen-bond donors (Lipinski definition) is 2. The quantitative estimate of drug-likeness (QED) is 0.162. The SMILES string of the molecule is C.CCOC1=NCCc2c(CC)nn(C3CCCC3)c21.CCOC1=NCCc2c(CC)nn(C3CCCC3)c21.Cc1ccc(S(=O)(=O)O)cc1.O=S(=O)(O)c1ccccc1. The van der Waals surface area contributed by atoms with Crippen LogP contribution in [0.5, 0.6) is 0 Å². The molecule has 4 aromatic rings. The summed E-state index contributed by atoms with van der Waals surface area (Å²) in [6, 6.07) is 14.5. The third-order valence-electron chi connectivity index (χ3n) is 10.8. The van der Waals surface area contributed by atoms with E-state index < -0.39 is 20.2 Å². The molecule has 0 spiro atoms. The fraction of sp³-hybridized carbons (Fsp3) is 0.545. The molecule has 0 atom stereocenters. The molecule has 16 heteroatoms. The van der Waals surface area contributed by atoms with Gasteiger partial charge in [0.15, 0.2) is 0 Å². The Bertz CT molecular complexity index is 2170. The first kappa shape index (κ1) is 48.3. The Balaban J connectivity index is 0.000000183. The van der Waals surface area contributed by atoms with Crippen LogP contribution in [0.25, 0.3) is 0 Å². The van der Waals surface area contributed by atoms with Crippen molar-refractivity contribution in [2.24, 2.45) is 9.98 Å². The first-order valence-corrected chi connectivity index (χ1v) is 23.8. The summed E-state index contributed by atoms with van der Waals surface area (Å²) in [6.07, 6.45) is 14.3. The lowest BCUT2D eigenvalue weighted by atomic mass is 10.0. The number of aliphatic imine (C=N–C) groups is 2. The van der Waals surface area contributed by atoms with Gasteiger partial charge in [-0.05, 0) is 96.4 Å². The van der Waals surface area contributed by atoms with Crippen LogP contribution < -0.4 is 0 Å². The maximum absolute atomic E-state index is 10.5. The van der Waals surface area contributed by atoms with Gasteiger partial charge in [-0.2, -0.15) is 27.0 Å². The molecule has 0 unspecified atom stereocenters. The number of benzene rings is 2. The number of hydrogen-bond acceptors (Lipinski definition) is 10. The Morgan fingerprint density at radius 1 is 0.617 bits per heavy atom. The van der Waals surface area contributed by atoms with Gasteiger partial charge in [0, 0.05) is 24.2 Å². The normalized spacial score (nSPS) is 16.2. The Hall–Kier alpha value is -4.38. The molecule has 0 amide bonds. The van der Waals surface area contributed by atoms with Gasteiger partial charge in [-0.15, -0.1) is 0 Å². The lowest BCUT2D eigenvalue weighted by Gasteiger charge is -2.19. The van der Waals surface area contributed by atoms with Crippen LogP contribution in [0.3, 0.4) is 0 Å². The minimum atomic E-state index is -4.02. The highest BCUT2D eigenvalue weighted by Crippen LogP contribution is 2.35. The average molecular weight is 869 g/mol. The zero-order valence-electron chi connectivity index (χ0n) is 35.0. The standard InChI is InChI=1S/2C15H23N3O.C7H8O3S.C6H6O3S.CH4/c2*1-3-13-12-9-10-16-15(19-4-2)14(12)18(17-13)11-7-5-6-8-11;1-6-2-4-7(5-3-6)11(8,9)10;7-10(8,9)6-4-2-1-3-5-6;/h2*11H,3-10H2,1-2H3;2-5H,1H3,(H,8,9,10);1-5H,(H,7,8,9);1H4. The third kappa shape index (κ3) is 12.4. The molecular weight excluding hydrogens is 805 g/mol. The van der Waals surface area contributed by atoms with Gasteiger partial charge in [-0.1, -0.05) is 82.9 Å². The number of fused-ring (bicyclic) bond motifs is 2. The van der Waals surface area contributed by atoms with Crippen LogP contribution in [0, 0.1) is 6.92 Å². The Labute approximate surface area is 357 Å². The number of ether oxygens (including phenoxy) is 2. The summed E-state index contributed by atoms with van der Waals surface area (Å²) in [4.78, 5) is 9.01. The van der Waals surface area contributed by atoms with Gasteiger partial charge in [0.05, 0.1) is 46.5 Å². The number of aryl methyl sites for hydroxylation is 3. The summed E-state index contributed by atoms with van der Waals surface area (Å²) in [7, 11) is -8.02. The molecule has 0 bridgehead atoms. The van der Waals surface area contributed by atoms with E-state index in [1.807, 2.05) is 20.8 Å². The molecule has 60 heavy (non-hydrogen) atoms. The second kappa shape index (κ2) is 22.5. The van der Waals surface area contributed by atoms with E-state index in [0.717, 1.165) is 56.1 Å². The topological polar surface area (TPSA) is 188 Å². The predicted octanol–water partition coefficient (Wildman–Crippen LogP) is 8.61. The molecule has 330 valence electrons. The van der Waals surface area contributed by atoms with Crippen LogP contribution in [0.15, 0.2) is 74.4 Å². The van der Waals surface area contributed by atoms with Gasteiger partial charge in [0.2, 0.25) is 11.8 Å². The van der Waals surface area contributed by atoms with E-state index >= 15 is 0 Å². The van der Waals surface area contributed by atoms with Gasteiger partial charge in [-0.25, -0.2) is 9.98 Å².